The third-order valence-electron chi connectivity index (χ3n) is 1.98. The van der Waals surface area contributed by atoms with Crippen molar-refractivity contribution in [1.29, 1.82) is 0 Å². The number of benzene rings is 1. The Morgan fingerprint density at radius 2 is 2.06 bits per heavy atom. The number of rotatable bonds is 2. The molecule has 16 heavy (non-hydrogen) atoms. The van der Waals surface area contributed by atoms with Gasteiger partial charge in [0.1, 0.15) is 0 Å². The second-order valence-electron chi connectivity index (χ2n) is 3.57. The molecule has 2 N–H and O–H groups in total. The molecule has 0 atom stereocenters. The van der Waals surface area contributed by atoms with E-state index in [0.717, 1.165) is 0 Å². The Labute approximate surface area is 97.8 Å². The molecule has 0 spiro atoms. The highest BCUT2D eigenvalue weighted by atomic mass is 35.5. The number of hydrogen-bond acceptors (Lipinski definition) is 5. The second kappa shape index (κ2) is 4.02. The van der Waals surface area contributed by atoms with Gasteiger partial charge < -0.3 is 15.2 Å². The minimum atomic E-state index is 0.401. The van der Waals surface area contributed by atoms with Crippen LogP contribution in [0.2, 0.25) is 5.02 Å². The zero-order chi connectivity index (χ0) is 11.7. The molecule has 0 saturated heterocycles. The normalized spacial score (nSPS) is 10.4. The highest BCUT2D eigenvalue weighted by Crippen LogP contribution is 2.25. The summed E-state index contributed by atoms with van der Waals surface area (Å²) in [7, 11) is 3.67. The first-order chi connectivity index (χ1) is 7.56. The maximum absolute atomic E-state index is 5.89. The Morgan fingerprint density at radius 3 is 2.62 bits per heavy atom. The minimum absolute atomic E-state index is 0.401. The SMILES string of the molecule is CN(C)c1noc(-c2cc(N)cc(Cl)c2)n1. The van der Waals surface area contributed by atoms with Crippen molar-refractivity contribution >= 4 is 23.2 Å². The molecule has 0 amide bonds. The van der Waals surface area contributed by atoms with E-state index in [9.17, 15) is 0 Å². The highest BCUT2D eigenvalue weighted by Gasteiger charge is 2.10. The van der Waals surface area contributed by atoms with Crippen molar-refractivity contribution < 1.29 is 4.52 Å². The summed E-state index contributed by atoms with van der Waals surface area (Å²) in [6.07, 6.45) is 0. The molecule has 0 unspecified atom stereocenters. The fourth-order valence-corrected chi connectivity index (χ4v) is 1.49. The van der Waals surface area contributed by atoms with E-state index in [4.69, 9.17) is 21.9 Å². The standard InChI is InChI=1S/C10H11ClN4O/c1-15(2)10-13-9(16-14-10)6-3-7(11)5-8(12)4-6/h3-5H,12H2,1-2H3. The second-order valence-corrected chi connectivity index (χ2v) is 4.00. The highest BCUT2D eigenvalue weighted by molar-refractivity contribution is 6.31. The molecule has 0 aliphatic rings. The molecule has 6 heteroatoms. The third kappa shape index (κ3) is 2.09. The van der Waals surface area contributed by atoms with Gasteiger partial charge in [-0.1, -0.05) is 11.6 Å². The molecule has 5 nitrogen and oxygen atoms in total. The van der Waals surface area contributed by atoms with Crippen LogP contribution in [0.3, 0.4) is 0 Å². The fourth-order valence-electron chi connectivity index (χ4n) is 1.25. The number of nitrogens with zero attached hydrogens (tertiary/aromatic N) is 3. The average Bonchev–Trinajstić information content (AvgIpc) is 2.64. The lowest BCUT2D eigenvalue weighted by atomic mass is 10.2. The third-order valence-corrected chi connectivity index (χ3v) is 2.20. The van der Waals surface area contributed by atoms with E-state index in [-0.39, 0.29) is 0 Å². The number of nitrogen functional groups attached to an aromatic ring is 1. The fraction of sp³-hybridized carbons (Fsp3) is 0.200. The molecular weight excluding hydrogens is 228 g/mol. The van der Waals surface area contributed by atoms with E-state index < -0.39 is 0 Å². The van der Waals surface area contributed by atoms with Gasteiger partial charge in [0.2, 0.25) is 0 Å². The Morgan fingerprint density at radius 1 is 1.31 bits per heavy atom. The van der Waals surface area contributed by atoms with Crippen molar-refractivity contribution in [2.75, 3.05) is 24.7 Å². The Hall–Kier alpha value is -1.75. The maximum atomic E-state index is 5.89. The van der Waals surface area contributed by atoms with Gasteiger partial charge in [-0.3, -0.25) is 0 Å². The van der Waals surface area contributed by atoms with E-state index in [1.165, 1.54) is 0 Å². The summed E-state index contributed by atoms with van der Waals surface area (Å²) < 4.78 is 5.11. The number of hydrogen-bond donors (Lipinski definition) is 1. The predicted molar refractivity (Wildman–Crippen MR) is 63.5 cm³/mol. The number of anilines is 2. The van der Waals surface area contributed by atoms with E-state index in [1.807, 2.05) is 14.1 Å². The average molecular weight is 239 g/mol. The smallest absolute Gasteiger partial charge is 0.265 e. The van der Waals surface area contributed by atoms with E-state index in [0.29, 0.717) is 28.1 Å². The van der Waals surface area contributed by atoms with Crippen molar-refractivity contribution in [1.82, 2.24) is 10.1 Å². The summed E-state index contributed by atoms with van der Waals surface area (Å²) in [5, 5.41) is 4.35. The molecule has 84 valence electrons. The van der Waals surface area contributed by atoms with Crippen LogP contribution in [0.4, 0.5) is 11.6 Å². The van der Waals surface area contributed by atoms with Gasteiger partial charge in [-0.2, -0.15) is 4.98 Å². The van der Waals surface area contributed by atoms with Crippen LogP contribution in [0.25, 0.3) is 11.5 Å². The van der Waals surface area contributed by atoms with Gasteiger partial charge in [-0.15, -0.1) is 0 Å². The minimum Gasteiger partial charge on any atom is -0.399 e. The quantitative estimate of drug-likeness (QED) is 0.811. The lowest BCUT2D eigenvalue weighted by Crippen LogP contribution is -2.10. The molecule has 0 radical (unpaired) electrons. The summed E-state index contributed by atoms with van der Waals surface area (Å²) in [6.45, 7) is 0. The monoisotopic (exact) mass is 238 g/mol. The number of nitrogens with two attached hydrogens (primary N) is 1. The largest absolute Gasteiger partial charge is 0.399 e. The van der Waals surface area contributed by atoms with Crippen LogP contribution in [0, 0.1) is 0 Å². The van der Waals surface area contributed by atoms with Crippen LogP contribution in [0.15, 0.2) is 22.7 Å². The first-order valence-electron chi connectivity index (χ1n) is 4.64. The Kier molecular flexibility index (Phi) is 2.70. The summed E-state index contributed by atoms with van der Waals surface area (Å²) in [5.74, 6) is 0.909. The molecule has 1 aromatic heterocycles. The summed E-state index contributed by atoms with van der Waals surface area (Å²) >= 11 is 5.89. The Balaban J connectivity index is 2.42. The molecule has 1 heterocycles. The van der Waals surface area contributed by atoms with Gasteiger partial charge in [0.05, 0.1) is 0 Å². The zero-order valence-electron chi connectivity index (χ0n) is 8.94. The van der Waals surface area contributed by atoms with Gasteiger partial charge in [-0.25, -0.2) is 0 Å². The van der Waals surface area contributed by atoms with Gasteiger partial charge in [0, 0.05) is 30.4 Å². The zero-order valence-corrected chi connectivity index (χ0v) is 9.69. The van der Waals surface area contributed by atoms with Crippen molar-refractivity contribution in [3.8, 4) is 11.5 Å². The molecule has 0 fully saturated rings. The molecule has 2 aromatic rings. The van der Waals surface area contributed by atoms with E-state index in [2.05, 4.69) is 10.1 Å². The lowest BCUT2D eigenvalue weighted by Gasteiger charge is -2.02. The van der Waals surface area contributed by atoms with Crippen molar-refractivity contribution in [3.63, 3.8) is 0 Å². The number of aromatic nitrogens is 2. The predicted octanol–water partition coefficient (Wildman–Crippen LogP) is 2.04. The molecule has 0 saturated carbocycles. The molecular formula is C10H11ClN4O. The van der Waals surface area contributed by atoms with Crippen LogP contribution in [-0.4, -0.2) is 24.2 Å². The van der Waals surface area contributed by atoms with Crippen molar-refractivity contribution in [3.05, 3.63) is 23.2 Å². The number of halogens is 1. The molecule has 0 bridgehead atoms. The lowest BCUT2D eigenvalue weighted by molar-refractivity contribution is 0.431. The van der Waals surface area contributed by atoms with Crippen LogP contribution in [0.5, 0.6) is 0 Å². The van der Waals surface area contributed by atoms with E-state index in [1.54, 1.807) is 23.1 Å². The molecule has 2 rings (SSSR count). The summed E-state index contributed by atoms with van der Waals surface area (Å²) in [6, 6.07) is 5.12. The first-order valence-corrected chi connectivity index (χ1v) is 5.01. The summed E-state index contributed by atoms with van der Waals surface area (Å²) in [4.78, 5) is 5.95. The van der Waals surface area contributed by atoms with Crippen LogP contribution < -0.4 is 10.6 Å². The maximum Gasteiger partial charge on any atom is 0.265 e. The Bertz CT molecular complexity index is 489. The summed E-state index contributed by atoms with van der Waals surface area (Å²) in [5.41, 5.74) is 6.95. The van der Waals surface area contributed by atoms with Gasteiger partial charge >= 0.3 is 0 Å². The first kappa shape index (κ1) is 10.8. The van der Waals surface area contributed by atoms with Gasteiger partial charge in [0.25, 0.3) is 11.8 Å². The molecule has 1 aromatic carbocycles. The van der Waals surface area contributed by atoms with E-state index >= 15 is 0 Å². The van der Waals surface area contributed by atoms with Crippen LogP contribution in [0.1, 0.15) is 0 Å². The molecule has 0 aliphatic heterocycles. The van der Waals surface area contributed by atoms with Crippen molar-refractivity contribution in [2.45, 2.75) is 0 Å². The van der Waals surface area contributed by atoms with Gasteiger partial charge in [0.15, 0.2) is 0 Å². The van der Waals surface area contributed by atoms with Crippen LogP contribution in [-0.2, 0) is 0 Å². The topological polar surface area (TPSA) is 68.2 Å². The van der Waals surface area contributed by atoms with Gasteiger partial charge in [-0.05, 0) is 23.4 Å². The van der Waals surface area contributed by atoms with Crippen molar-refractivity contribution in [2.24, 2.45) is 0 Å². The van der Waals surface area contributed by atoms with Crippen LogP contribution >= 0.6 is 11.6 Å². The molecule has 0 aliphatic carbocycles.